The molecule has 5 nitrogen and oxygen atoms in total. The lowest BCUT2D eigenvalue weighted by Crippen LogP contribution is -2.53. The van der Waals surface area contributed by atoms with Crippen LogP contribution in [0.25, 0.3) is 0 Å². The van der Waals surface area contributed by atoms with E-state index in [1.165, 1.54) is 16.4 Å². The Morgan fingerprint density at radius 1 is 1.29 bits per heavy atom. The second kappa shape index (κ2) is 7.07. The number of ether oxygens (including phenoxy) is 1. The molecule has 0 amide bonds. The zero-order valence-electron chi connectivity index (χ0n) is 13.9. The molecule has 1 aromatic carbocycles. The highest BCUT2D eigenvalue weighted by atomic mass is 32.2. The fraction of sp³-hybridized carbons (Fsp3) is 0.647. The Balaban J connectivity index is 1.93. The van der Waals surface area contributed by atoms with E-state index in [0.29, 0.717) is 25.1 Å². The van der Waals surface area contributed by atoms with E-state index in [0.717, 1.165) is 31.7 Å². The molecular weight excluding hydrogens is 331 g/mol. The molecule has 1 aromatic rings. The molecule has 134 valence electrons. The molecule has 3 unspecified atom stereocenters. The Hall–Kier alpha value is -1.02. The van der Waals surface area contributed by atoms with E-state index in [9.17, 15) is 12.8 Å². The van der Waals surface area contributed by atoms with E-state index in [1.54, 1.807) is 6.92 Å². The summed E-state index contributed by atoms with van der Waals surface area (Å²) in [6.45, 7) is 2.70. The van der Waals surface area contributed by atoms with E-state index < -0.39 is 15.8 Å². The van der Waals surface area contributed by atoms with Crippen LogP contribution in [0, 0.1) is 12.7 Å². The van der Waals surface area contributed by atoms with E-state index in [4.69, 9.17) is 10.5 Å². The number of piperidine rings is 1. The van der Waals surface area contributed by atoms with E-state index >= 15 is 0 Å². The number of aryl methyl sites for hydroxylation is 1. The molecule has 2 aliphatic heterocycles. The monoisotopic (exact) mass is 356 g/mol. The van der Waals surface area contributed by atoms with Crippen LogP contribution in [0.5, 0.6) is 0 Å². The molecule has 3 atom stereocenters. The molecular formula is C17H25FN2O3S. The standard InChI is InChI=1S/C17H25FN2O3S/c1-12-5-6-13(18)10-17(12)24(21,22)20-8-3-2-4-15(20)16-11-14(19)7-9-23-16/h5-6,10,14-16H,2-4,7-9,11,19H2,1H3. The third-order valence-electron chi connectivity index (χ3n) is 5.02. The van der Waals surface area contributed by atoms with Crippen molar-refractivity contribution in [3.05, 3.63) is 29.6 Å². The summed E-state index contributed by atoms with van der Waals surface area (Å²) in [5, 5.41) is 0. The van der Waals surface area contributed by atoms with Gasteiger partial charge in [0, 0.05) is 19.2 Å². The number of nitrogens with two attached hydrogens (primary N) is 1. The second-order valence-corrected chi connectivity index (χ2v) is 8.64. The highest BCUT2D eigenvalue weighted by Crippen LogP contribution is 2.32. The lowest BCUT2D eigenvalue weighted by Gasteiger charge is -2.41. The molecule has 0 aromatic heterocycles. The molecule has 0 aliphatic carbocycles. The van der Waals surface area contributed by atoms with Gasteiger partial charge in [0.25, 0.3) is 0 Å². The van der Waals surface area contributed by atoms with Crippen LogP contribution < -0.4 is 5.73 Å². The zero-order chi connectivity index (χ0) is 17.3. The van der Waals surface area contributed by atoms with Gasteiger partial charge in [0.05, 0.1) is 17.0 Å². The zero-order valence-corrected chi connectivity index (χ0v) is 14.8. The average molecular weight is 356 g/mol. The van der Waals surface area contributed by atoms with Crippen molar-refractivity contribution < 1.29 is 17.5 Å². The number of nitrogens with zero attached hydrogens (tertiary/aromatic N) is 1. The third-order valence-corrected chi connectivity index (χ3v) is 7.09. The molecule has 2 aliphatic rings. The minimum absolute atomic E-state index is 0.0473. The van der Waals surface area contributed by atoms with Crippen LogP contribution in [-0.4, -0.2) is 44.1 Å². The molecule has 2 heterocycles. The van der Waals surface area contributed by atoms with Crippen molar-refractivity contribution in [3.63, 3.8) is 0 Å². The van der Waals surface area contributed by atoms with Gasteiger partial charge < -0.3 is 10.5 Å². The van der Waals surface area contributed by atoms with Crippen LogP contribution in [0.4, 0.5) is 4.39 Å². The summed E-state index contributed by atoms with van der Waals surface area (Å²) < 4.78 is 47.3. The summed E-state index contributed by atoms with van der Waals surface area (Å²) in [7, 11) is -3.76. The Morgan fingerprint density at radius 2 is 2.08 bits per heavy atom. The maximum Gasteiger partial charge on any atom is 0.243 e. The fourth-order valence-electron chi connectivity index (χ4n) is 3.70. The first-order chi connectivity index (χ1) is 11.4. The molecule has 2 fully saturated rings. The highest BCUT2D eigenvalue weighted by molar-refractivity contribution is 7.89. The minimum Gasteiger partial charge on any atom is -0.376 e. The molecule has 24 heavy (non-hydrogen) atoms. The molecule has 0 spiro atoms. The summed E-state index contributed by atoms with van der Waals surface area (Å²) >= 11 is 0. The first kappa shape index (κ1) is 17.8. The number of rotatable bonds is 3. The van der Waals surface area contributed by atoms with Crippen molar-refractivity contribution >= 4 is 10.0 Å². The van der Waals surface area contributed by atoms with Crippen molar-refractivity contribution in [1.82, 2.24) is 4.31 Å². The minimum atomic E-state index is -3.76. The first-order valence-electron chi connectivity index (χ1n) is 8.55. The van der Waals surface area contributed by atoms with Crippen LogP contribution in [0.2, 0.25) is 0 Å². The average Bonchev–Trinajstić information content (AvgIpc) is 2.57. The number of sulfonamides is 1. The Morgan fingerprint density at radius 3 is 2.83 bits per heavy atom. The summed E-state index contributed by atoms with van der Waals surface area (Å²) in [5.41, 5.74) is 6.60. The molecule has 0 saturated carbocycles. The van der Waals surface area contributed by atoms with Crippen LogP contribution in [0.15, 0.2) is 23.1 Å². The van der Waals surface area contributed by atoms with Gasteiger partial charge in [-0.25, -0.2) is 12.8 Å². The summed E-state index contributed by atoms with van der Waals surface area (Å²) in [5.74, 6) is -0.538. The number of hydrogen-bond acceptors (Lipinski definition) is 4. The van der Waals surface area contributed by atoms with Crippen LogP contribution in [0.3, 0.4) is 0 Å². The van der Waals surface area contributed by atoms with Gasteiger partial charge in [-0.2, -0.15) is 4.31 Å². The van der Waals surface area contributed by atoms with Gasteiger partial charge >= 0.3 is 0 Å². The van der Waals surface area contributed by atoms with Gasteiger partial charge in [-0.3, -0.25) is 0 Å². The van der Waals surface area contributed by atoms with Crippen molar-refractivity contribution in [2.24, 2.45) is 5.73 Å². The lowest BCUT2D eigenvalue weighted by molar-refractivity contribution is -0.0386. The van der Waals surface area contributed by atoms with E-state index in [2.05, 4.69) is 0 Å². The van der Waals surface area contributed by atoms with Crippen LogP contribution in [0.1, 0.15) is 37.7 Å². The van der Waals surface area contributed by atoms with Gasteiger partial charge in [-0.1, -0.05) is 12.5 Å². The van der Waals surface area contributed by atoms with E-state index in [1.807, 2.05) is 0 Å². The highest BCUT2D eigenvalue weighted by Gasteiger charge is 2.40. The first-order valence-corrected chi connectivity index (χ1v) is 9.99. The van der Waals surface area contributed by atoms with Crippen molar-refractivity contribution in [1.29, 1.82) is 0 Å². The van der Waals surface area contributed by atoms with Gasteiger partial charge in [0.1, 0.15) is 5.82 Å². The summed E-state index contributed by atoms with van der Waals surface area (Å²) in [6, 6.07) is 3.73. The predicted molar refractivity (Wildman–Crippen MR) is 89.6 cm³/mol. The SMILES string of the molecule is Cc1ccc(F)cc1S(=O)(=O)N1CCCCC1C1CC(N)CCO1. The summed E-state index contributed by atoms with van der Waals surface area (Å²) in [4.78, 5) is 0.0505. The van der Waals surface area contributed by atoms with Crippen LogP contribution >= 0.6 is 0 Å². The molecule has 2 N–H and O–H groups in total. The largest absolute Gasteiger partial charge is 0.376 e. The normalized spacial score (nSPS) is 29.5. The third kappa shape index (κ3) is 3.49. The lowest BCUT2D eigenvalue weighted by atomic mass is 9.93. The number of halogens is 1. The predicted octanol–water partition coefficient (Wildman–Crippen LogP) is 2.18. The number of benzene rings is 1. The maximum absolute atomic E-state index is 13.6. The molecule has 0 bridgehead atoms. The van der Waals surface area contributed by atoms with Gasteiger partial charge in [-0.05, 0) is 50.3 Å². The van der Waals surface area contributed by atoms with Crippen molar-refractivity contribution in [3.8, 4) is 0 Å². The second-order valence-electron chi connectivity index (χ2n) is 6.78. The molecule has 7 heteroatoms. The van der Waals surface area contributed by atoms with E-state index in [-0.39, 0.29) is 23.1 Å². The molecule has 0 radical (unpaired) electrons. The molecule has 2 saturated heterocycles. The fourth-order valence-corrected chi connectivity index (χ4v) is 5.66. The van der Waals surface area contributed by atoms with Gasteiger partial charge in [0.2, 0.25) is 10.0 Å². The Labute approximate surface area is 143 Å². The van der Waals surface area contributed by atoms with Gasteiger partial charge in [-0.15, -0.1) is 0 Å². The molecule has 3 rings (SSSR count). The summed E-state index contributed by atoms with van der Waals surface area (Å²) in [6.07, 6.45) is 3.82. The maximum atomic E-state index is 13.6. The number of hydrogen-bond donors (Lipinski definition) is 1. The van der Waals surface area contributed by atoms with Crippen molar-refractivity contribution in [2.45, 2.75) is 62.1 Å². The Bertz CT molecular complexity index is 695. The topological polar surface area (TPSA) is 72.6 Å². The quantitative estimate of drug-likeness (QED) is 0.901. The van der Waals surface area contributed by atoms with Crippen LogP contribution in [-0.2, 0) is 14.8 Å². The smallest absolute Gasteiger partial charge is 0.243 e. The van der Waals surface area contributed by atoms with Crippen molar-refractivity contribution in [2.75, 3.05) is 13.2 Å². The van der Waals surface area contributed by atoms with Gasteiger partial charge in [0.15, 0.2) is 0 Å². The Kier molecular flexibility index (Phi) is 5.24.